The standard InChI is InChI=1S/C20H29N3O4/c1-3-13(2)17(23-18(24)15-10-7-11-21-15)19(25)22-16(20(26)27)12-14-8-5-4-6-9-14/h4-6,8-9,13,15-17,21H,3,7,10-12H2,1-2H3,(H,22,25)(H,23,24)(H,26,27)/t13-,15-,16-,17-/m0/s1. The highest BCUT2D eigenvalue weighted by molar-refractivity contribution is 5.92. The number of carbonyl (C=O) groups is 3. The fraction of sp³-hybridized carbons (Fsp3) is 0.550. The third-order valence-electron chi connectivity index (χ3n) is 5.07. The molecule has 0 saturated carbocycles. The fourth-order valence-electron chi connectivity index (χ4n) is 3.18. The molecule has 7 heteroatoms. The van der Waals surface area contributed by atoms with E-state index in [-0.39, 0.29) is 24.3 Å². The molecule has 4 N–H and O–H groups in total. The third-order valence-corrected chi connectivity index (χ3v) is 5.07. The average Bonchev–Trinajstić information content (AvgIpc) is 3.20. The van der Waals surface area contributed by atoms with E-state index in [1.807, 2.05) is 44.2 Å². The van der Waals surface area contributed by atoms with Crippen molar-refractivity contribution in [1.29, 1.82) is 0 Å². The van der Waals surface area contributed by atoms with Crippen molar-refractivity contribution in [3.8, 4) is 0 Å². The van der Waals surface area contributed by atoms with Crippen LogP contribution >= 0.6 is 0 Å². The lowest BCUT2D eigenvalue weighted by molar-refractivity contribution is -0.142. The van der Waals surface area contributed by atoms with Crippen LogP contribution in [0, 0.1) is 5.92 Å². The van der Waals surface area contributed by atoms with Crippen molar-refractivity contribution >= 4 is 17.8 Å². The summed E-state index contributed by atoms with van der Waals surface area (Å²) in [6.45, 7) is 4.60. The van der Waals surface area contributed by atoms with Crippen LogP contribution in [0.4, 0.5) is 0 Å². The number of carboxylic acid groups (broad SMARTS) is 1. The number of nitrogens with one attached hydrogen (secondary N) is 3. The predicted octanol–water partition coefficient (Wildman–Crippen LogP) is 1.08. The van der Waals surface area contributed by atoms with E-state index in [0.29, 0.717) is 6.42 Å². The van der Waals surface area contributed by atoms with E-state index in [2.05, 4.69) is 16.0 Å². The topological polar surface area (TPSA) is 108 Å². The molecule has 148 valence electrons. The summed E-state index contributed by atoms with van der Waals surface area (Å²) in [5, 5.41) is 18.0. The van der Waals surface area contributed by atoms with Gasteiger partial charge < -0.3 is 21.1 Å². The summed E-state index contributed by atoms with van der Waals surface area (Å²) >= 11 is 0. The summed E-state index contributed by atoms with van der Waals surface area (Å²) < 4.78 is 0. The zero-order valence-corrected chi connectivity index (χ0v) is 15.9. The second kappa shape index (κ2) is 10.1. The summed E-state index contributed by atoms with van der Waals surface area (Å²) in [6, 6.07) is 7.05. The van der Waals surface area contributed by atoms with Crippen LogP contribution in [0.15, 0.2) is 30.3 Å². The van der Waals surface area contributed by atoms with Gasteiger partial charge >= 0.3 is 5.97 Å². The smallest absolute Gasteiger partial charge is 0.326 e. The molecule has 1 fully saturated rings. The highest BCUT2D eigenvalue weighted by Crippen LogP contribution is 2.12. The molecule has 1 aliphatic rings. The number of hydrogen-bond acceptors (Lipinski definition) is 4. The van der Waals surface area contributed by atoms with Crippen LogP contribution in [-0.2, 0) is 20.8 Å². The van der Waals surface area contributed by atoms with Crippen LogP contribution < -0.4 is 16.0 Å². The van der Waals surface area contributed by atoms with Gasteiger partial charge in [-0.15, -0.1) is 0 Å². The molecule has 0 aliphatic carbocycles. The monoisotopic (exact) mass is 375 g/mol. The minimum absolute atomic E-state index is 0.110. The largest absolute Gasteiger partial charge is 0.480 e. The highest BCUT2D eigenvalue weighted by Gasteiger charge is 2.32. The van der Waals surface area contributed by atoms with E-state index in [4.69, 9.17) is 0 Å². The number of amides is 2. The van der Waals surface area contributed by atoms with Gasteiger partial charge in [0.1, 0.15) is 12.1 Å². The van der Waals surface area contributed by atoms with Gasteiger partial charge in [0.15, 0.2) is 0 Å². The van der Waals surface area contributed by atoms with Gasteiger partial charge in [0.2, 0.25) is 11.8 Å². The maximum absolute atomic E-state index is 12.8. The minimum Gasteiger partial charge on any atom is -0.480 e. The van der Waals surface area contributed by atoms with E-state index >= 15 is 0 Å². The number of aliphatic carboxylic acids is 1. The first-order valence-electron chi connectivity index (χ1n) is 9.53. The Labute approximate surface area is 159 Å². The Morgan fingerprint density at radius 1 is 1.22 bits per heavy atom. The summed E-state index contributed by atoms with van der Waals surface area (Å²) in [7, 11) is 0. The quantitative estimate of drug-likeness (QED) is 0.517. The van der Waals surface area contributed by atoms with Gasteiger partial charge in [-0.05, 0) is 30.9 Å². The third kappa shape index (κ3) is 6.06. The van der Waals surface area contributed by atoms with Crippen molar-refractivity contribution in [3.05, 3.63) is 35.9 Å². The van der Waals surface area contributed by atoms with Crippen LogP contribution in [0.3, 0.4) is 0 Å². The Balaban J connectivity index is 2.05. The Morgan fingerprint density at radius 2 is 1.93 bits per heavy atom. The van der Waals surface area contributed by atoms with E-state index < -0.39 is 24.0 Å². The molecule has 0 bridgehead atoms. The molecule has 0 radical (unpaired) electrons. The first kappa shape index (κ1) is 20.9. The zero-order valence-electron chi connectivity index (χ0n) is 15.9. The maximum atomic E-state index is 12.8. The maximum Gasteiger partial charge on any atom is 0.326 e. The molecule has 1 heterocycles. The van der Waals surface area contributed by atoms with Gasteiger partial charge in [0.25, 0.3) is 0 Å². The van der Waals surface area contributed by atoms with Crippen molar-refractivity contribution in [2.75, 3.05) is 6.54 Å². The Hall–Kier alpha value is -2.41. The van der Waals surface area contributed by atoms with Gasteiger partial charge in [0.05, 0.1) is 6.04 Å². The number of carbonyl (C=O) groups excluding carboxylic acids is 2. The van der Waals surface area contributed by atoms with E-state index in [1.165, 1.54) is 0 Å². The predicted molar refractivity (Wildman–Crippen MR) is 102 cm³/mol. The number of rotatable bonds is 9. The summed E-state index contributed by atoms with van der Waals surface area (Å²) in [6.07, 6.45) is 2.54. The van der Waals surface area contributed by atoms with Gasteiger partial charge in [-0.25, -0.2) is 4.79 Å². The lowest BCUT2D eigenvalue weighted by Gasteiger charge is -2.26. The van der Waals surface area contributed by atoms with Gasteiger partial charge in [0, 0.05) is 6.42 Å². The lowest BCUT2D eigenvalue weighted by Crippen LogP contribution is -2.56. The minimum atomic E-state index is -1.10. The molecule has 0 aromatic heterocycles. The molecule has 4 atom stereocenters. The Morgan fingerprint density at radius 3 is 2.48 bits per heavy atom. The van der Waals surface area contributed by atoms with Crippen molar-refractivity contribution in [3.63, 3.8) is 0 Å². The first-order chi connectivity index (χ1) is 12.9. The summed E-state index contributed by atoms with van der Waals surface area (Å²) in [5.41, 5.74) is 0.824. The van der Waals surface area contributed by atoms with E-state index in [1.54, 1.807) is 0 Å². The van der Waals surface area contributed by atoms with Crippen molar-refractivity contribution in [2.45, 2.75) is 57.7 Å². The fourth-order valence-corrected chi connectivity index (χ4v) is 3.18. The molecule has 2 rings (SSSR count). The molecule has 7 nitrogen and oxygen atoms in total. The van der Waals surface area contributed by atoms with Crippen molar-refractivity contribution in [2.24, 2.45) is 5.92 Å². The lowest BCUT2D eigenvalue weighted by atomic mass is 9.97. The molecule has 1 aliphatic heterocycles. The molecule has 1 aromatic carbocycles. The molecule has 0 unspecified atom stereocenters. The van der Waals surface area contributed by atoms with Crippen LogP contribution in [0.1, 0.15) is 38.7 Å². The molecule has 1 saturated heterocycles. The average molecular weight is 375 g/mol. The molecular weight excluding hydrogens is 346 g/mol. The summed E-state index contributed by atoms with van der Waals surface area (Å²) in [4.78, 5) is 36.8. The van der Waals surface area contributed by atoms with Gasteiger partial charge in [-0.3, -0.25) is 9.59 Å². The Bertz CT molecular complexity index is 644. The van der Waals surface area contributed by atoms with Gasteiger partial charge in [-0.1, -0.05) is 50.6 Å². The SMILES string of the molecule is CC[C@H](C)[C@H](NC(=O)[C@@H]1CCCN1)C(=O)N[C@@H](Cc1ccccc1)C(=O)O. The normalized spacial score (nSPS) is 19.7. The highest BCUT2D eigenvalue weighted by atomic mass is 16.4. The van der Waals surface area contributed by atoms with Crippen LogP contribution in [0.5, 0.6) is 0 Å². The first-order valence-corrected chi connectivity index (χ1v) is 9.53. The molecule has 0 spiro atoms. The van der Waals surface area contributed by atoms with Gasteiger partial charge in [-0.2, -0.15) is 0 Å². The summed E-state index contributed by atoms with van der Waals surface area (Å²) in [5.74, 6) is -1.87. The number of carboxylic acids is 1. The second-order valence-electron chi connectivity index (χ2n) is 7.11. The van der Waals surface area contributed by atoms with Crippen molar-refractivity contribution < 1.29 is 19.5 Å². The molecular formula is C20H29N3O4. The zero-order chi connectivity index (χ0) is 19.8. The number of benzene rings is 1. The molecule has 27 heavy (non-hydrogen) atoms. The Kier molecular flexibility index (Phi) is 7.79. The van der Waals surface area contributed by atoms with Crippen LogP contribution in [-0.4, -0.2) is 47.6 Å². The molecule has 1 aromatic rings. The number of hydrogen-bond donors (Lipinski definition) is 4. The van der Waals surface area contributed by atoms with Crippen molar-refractivity contribution in [1.82, 2.24) is 16.0 Å². The second-order valence-corrected chi connectivity index (χ2v) is 7.11. The van der Waals surface area contributed by atoms with E-state index in [9.17, 15) is 19.5 Å². The molecule has 2 amide bonds. The van der Waals surface area contributed by atoms with Crippen LogP contribution in [0.2, 0.25) is 0 Å². The van der Waals surface area contributed by atoms with Crippen LogP contribution in [0.25, 0.3) is 0 Å². The van der Waals surface area contributed by atoms with E-state index in [0.717, 1.165) is 24.9 Å².